The van der Waals surface area contributed by atoms with E-state index in [1.54, 1.807) is 70.9 Å². The molecule has 0 saturated heterocycles. The topological polar surface area (TPSA) is 263 Å². The van der Waals surface area contributed by atoms with E-state index in [0.29, 0.717) is 88.2 Å². The average molecular weight is 1350 g/mol. The highest BCUT2D eigenvalue weighted by Crippen LogP contribution is 2.45. The van der Waals surface area contributed by atoms with Crippen molar-refractivity contribution >= 4 is 64.9 Å². The fraction of sp³-hybridized carbons (Fsp3) is 0.338. The van der Waals surface area contributed by atoms with E-state index < -0.39 is 18.2 Å². The van der Waals surface area contributed by atoms with Crippen LogP contribution in [0, 0.1) is 25.2 Å². The molecule has 98 heavy (non-hydrogen) atoms. The predicted molar refractivity (Wildman–Crippen MR) is 388 cm³/mol. The van der Waals surface area contributed by atoms with Gasteiger partial charge in [0.05, 0.1) is 31.9 Å². The first-order valence-corrected chi connectivity index (χ1v) is 33.6. The summed E-state index contributed by atoms with van der Waals surface area (Å²) in [5, 5.41) is 28.1. The number of nitrogens with two attached hydrogens (primary N) is 2. The number of nitriles is 1. The van der Waals surface area contributed by atoms with E-state index in [-0.39, 0.29) is 49.1 Å². The molecule has 2 aliphatic rings. The van der Waals surface area contributed by atoms with Crippen molar-refractivity contribution in [1.29, 1.82) is 5.26 Å². The van der Waals surface area contributed by atoms with Gasteiger partial charge in [0, 0.05) is 103 Å². The Labute approximate surface area is 581 Å². The van der Waals surface area contributed by atoms with Crippen molar-refractivity contribution in [2.24, 2.45) is 25.6 Å². The summed E-state index contributed by atoms with van der Waals surface area (Å²) >= 11 is 6.50. The first kappa shape index (κ1) is 75.2. The van der Waals surface area contributed by atoms with E-state index >= 15 is 0 Å². The Bertz CT molecular complexity index is 4110. The van der Waals surface area contributed by atoms with Crippen LogP contribution < -0.4 is 32.3 Å². The van der Waals surface area contributed by atoms with Gasteiger partial charge in [0.25, 0.3) is 11.8 Å². The van der Waals surface area contributed by atoms with E-state index in [4.69, 9.17) is 27.8 Å². The zero-order valence-corrected chi connectivity index (χ0v) is 59.0. The Kier molecular flexibility index (Phi) is 27.0. The Morgan fingerprint density at radius 1 is 0.806 bits per heavy atom. The zero-order valence-electron chi connectivity index (χ0n) is 58.2. The summed E-state index contributed by atoms with van der Waals surface area (Å²) in [6.07, 6.45) is 3.86. The van der Waals surface area contributed by atoms with Crippen LogP contribution in [0.4, 0.5) is 26.7 Å². The second-order valence-corrected chi connectivity index (χ2v) is 25.6. The number of urea groups is 1. The number of nitrogens with zero attached hydrogens (tertiary/aromatic N) is 7. The molecule has 10 rings (SSSR count). The number of anilines is 3. The average Bonchev–Trinajstić information content (AvgIpc) is 1.59. The molecule has 3 heterocycles. The molecule has 0 bridgehead atoms. The molecule has 516 valence electrons. The smallest absolute Gasteiger partial charge is 0.409 e. The number of benzene rings is 6. The van der Waals surface area contributed by atoms with Gasteiger partial charge < -0.3 is 60.7 Å². The Balaban J connectivity index is 0.000000256. The van der Waals surface area contributed by atoms with Crippen LogP contribution in [0.1, 0.15) is 130 Å². The lowest BCUT2D eigenvalue weighted by Gasteiger charge is -2.31. The molecule has 7 amide bonds. The summed E-state index contributed by atoms with van der Waals surface area (Å²) in [6.45, 7) is 16.4. The van der Waals surface area contributed by atoms with Gasteiger partial charge in [-0.3, -0.25) is 24.1 Å². The minimum absolute atomic E-state index is 0.0412. The number of phenolic OH excluding ortho intramolecular Hbond substituents is 1. The van der Waals surface area contributed by atoms with Gasteiger partial charge in [-0.05, 0) is 152 Å². The van der Waals surface area contributed by atoms with E-state index in [0.717, 1.165) is 70.5 Å². The molecular weight excluding hydrogens is 1260 g/mol. The molecule has 6 aromatic carbocycles. The maximum atomic E-state index is 14.5. The number of halogens is 1. The second kappa shape index (κ2) is 35.2. The molecule has 0 fully saturated rings. The molecule has 0 spiro atoms. The zero-order chi connectivity index (χ0) is 71.4. The van der Waals surface area contributed by atoms with Crippen LogP contribution in [-0.4, -0.2) is 125 Å². The van der Waals surface area contributed by atoms with Crippen LogP contribution in [0.5, 0.6) is 5.75 Å². The number of primary amides is 1. The SMILES string of the molecule is CCC.CCC[N+](C)(C)Cc1ccc(NC(=O)C(CCCNC(N)=O)NC=O)cc1CN(C)C(=O)OCC1c2ccccc2-c2ccccc21.CCN.Cc1c(N(C(=O)c2cc(-c3cc(Cl)ccc3C(=O)N3CCc4ccccc4C3)n(C)c2C)c2ccc(O)cc2)cc(C#N)n1C. The molecule has 2 aromatic heterocycles. The number of hydrogen-bond donors (Lipinski definition) is 6. The number of rotatable bonds is 21. The molecule has 1 atom stereocenters. The molecule has 20 nitrogen and oxygen atoms in total. The van der Waals surface area contributed by atoms with Crippen molar-refractivity contribution < 1.29 is 43.1 Å². The number of aromatic hydroxyl groups is 1. The van der Waals surface area contributed by atoms with Gasteiger partial charge in [0.2, 0.25) is 12.3 Å². The molecule has 8 N–H and O–H groups in total. The van der Waals surface area contributed by atoms with E-state index in [2.05, 4.69) is 93.3 Å². The van der Waals surface area contributed by atoms with Gasteiger partial charge in [-0.15, -0.1) is 0 Å². The number of carbonyl (C=O) groups excluding carboxylic acids is 6. The standard InChI is InChI=1S/C36H32ClN5O3.C36H46N6O5.C3H8.C2H7N/c1-22-31(36(45)42(27-10-12-29(43)13-11-27)33-18-28(20-38)39(3)23(33)2)19-34(40(22)4)32-17-26(37)9-14-30(32)35(44)41-16-15-24-7-5-6-8-25(24)21-41;1-5-19-42(3,4)22-25-16-17-27(40-34(44)33(39-24-43)15-10-18-38-35(37)45)20-26(25)21-41(2)36(46)47-23-32-30-13-8-6-11-28(30)29-12-7-9-14-31(29)32;1-3-2;1-2-3/h5-14,17-19,43H,15-16,21H2,1-4H3;6-9,11-14,16-17,20,24,32-33H,5,10,15,18-19,21-23H2,1-4H3,(H4-,37,38,39,40,43,44,45);3H2,1-2H3;2-3H2,1H3/p+1. The lowest BCUT2D eigenvalue weighted by molar-refractivity contribution is -0.903. The number of carbonyl (C=O) groups is 6. The largest absolute Gasteiger partial charge is 0.508 e. The lowest BCUT2D eigenvalue weighted by atomic mass is 9.97. The number of quaternary nitrogens is 1. The van der Waals surface area contributed by atoms with Crippen LogP contribution in [0.2, 0.25) is 5.02 Å². The molecular formula is C77H94ClN12O8+. The highest BCUT2D eigenvalue weighted by Gasteiger charge is 2.33. The van der Waals surface area contributed by atoms with Crippen molar-refractivity contribution in [3.05, 3.63) is 212 Å². The van der Waals surface area contributed by atoms with Gasteiger partial charge in [-0.1, -0.05) is 125 Å². The minimum Gasteiger partial charge on any atom is -0.508 e. The van der Waals surface area contributed by atoms with Crippen molar-refractivity contribution in [3.8, 4) is 34.2 Å². The molecule has 1 aliphatic carbocycles. The molecule has 21 heteroatoms. The maximum absolute atomic E-state index is 14.5. The number of nitrogens with one attached hydrogen (secondary N) is 3. The lowest BCUT2D eigenvalue weighted by Crippen LogP contribution is -2.41. The summed E-state index contributed by atoms with van der Waals surface area (Å²) in [5.74, 6) is -0.775. The third kappa shape index (κ3) is 18.7. The molecule has 1 unspecified atom stereocenters. The third-order valence-corrected chi connectivity index (χ3v) is 17.6. The summed E-state index contributed by atoms with van der Waals surface area (Å²) in [7, 11) is 9.69. The minimum atomic E-state index is -0.797. The molecule has 8 aromatic rings. The fourth-order valence-electron chi connectivity index (χ4n) is 12.3. The normalized spacial score (nSPS) is 12.2. The fourth-order valence-corrected chi connectivity index (χ4v) is 12.5. The third-order valence-electron chi connectivity index (χ3n) is 17.4. The highest BCUT2D eigenvalue weighted by molar-refractivity contribution is 6.31. The van der Waals surface area contributed by atoms with Crippen LogP contribution in [0.15, 0.2) is 146 Å². The number of amides is 7. The Morgan fingerprint density at radius 3 is 2.05 bits per heavy atom. The van der Waals surface area contributed by atoms with Crippen LogP contribution >= 0.6 is 11.6 Å². The summed E-state index contributed by atoms with van der Waals surface area (Å²) in [5.41, 5.74) is 24.6. The van der Waals surface area contributed by atoms with E-state index in [1.165, 1.54) is 35.2 Å². The Morgan fingerprint density at radius 2 is 1.44 bits per heavy atom. The van der Waals surface area contributed by atoms with Gasteiger partial charge in [-0.25, -0.2) is 9.59 Å². The van der Waals surface area contributed by atoms with Crippen molar-refractivity contribution in [1.82, 2.24) is 29.6 Å². The second-order valence-electron chi connectivity index (χ2n) is 25.2. The summed E-state index contributed by atoms with van der Waals surface area (Å²) in [4.78, 5) is 82.2. The van der Waals surface area contributed by atoms with Gasteiger partial charge in [-0.2, -0.15) is 5.26 Å². The van der Waals surface area contributed by atoms with Crippen LogP contribution in [-0.2, 0) is 54.5 Å². The van der Waals surface area contributed by atoms with Crippen LogP contribution in [0.3, 0.4) is 0 Å². The van der Waals surface area contributed by atoms with E-state index in [9.17, 15) is 39.1 Å². The highest BCUT2D eigenvalue weighted by atomic mass is 35.5. The quantitative estimate of drug-likeness (QED) is 0.0225. The van der Waals surface area contributed by atoms with Gasteiger partial charge >= 0.3 is 12.1 Å². The number of ether oxygens (including phenoxy) is 1. The number of fused-ring (bicyclic) bond motifs is 4. The monoisotopic (exact) mass is 1350 g/mol. The summed E-state index contributed by atoms with van der Waals surface area (Å²) < 4.78 is 10.3. The Hall–Kier alpha value is -10.2. The molecule has 1 aliphatic heterocycles. The van der Waals surface area contributed by atoms with Gasteiger partial charge in [0.1, 0.15) is 36.7 Å². The van der Waals surface area contributed by atoms with Crippen LogP contribution in [0.25, 0.3) is 22.4 Å². The number of hydrogen-bond acceptors (Lipinski definition) is 10. The first-order chi connectivity index (χ1) is 46.9. The van der Waals surface area contributed by atoms with Gasteiger partial charge in [0.15, 0.2) is 0 Å². The first-order valence-electron chi connectivity index (χ1n) is 33.2. The van der Waals surface area contributed by atoms with Crippen molar-refractivity contribution in [2.75, 3.05) is 64.1 Å². The van der Waals surface area contributed by atoms with Crippen molar-refractivity contribution in [2.45, 2.75) is 105 Å². The van der Waals surface area contributed by atoms with Crippen molar-refractivity contribution in [3.63, 3.8) is 0 Å². The maximum Gasteiger partial charge on any atom is 0.409 e. The summed E-state index contributed by atoms with van der Waals surface area (Å²) in [6, 6.07) is 46.1. The van der Waals surface area contributed by atoms with E-state index in [1.807, 2.05) is 91.9 Å². The predicted octanol–water partition coefficient (Wildman–Crippen LogP) is 13.0. The molecule has 0 radical (unpaired) electrons. The number of aromatic nitrogens is 2. The number of phenols is 1. The molecule has 0 saturated carbocycles.